The van der Waals surface area contributed by atoms with Crippen molar-refractivity contribution < 1.29 is 54.4 Å². The molecule has 0 aromatic heterocycles. The largest absolute Gasteiger partial charge is 0.472 e. The van der Waals surface area contributed by atoms with Gasteiger partial charge >= 0.3 is 5.97 Å². The minimum atomic E-state index is -1.81. The van der Waals surface area contributed by atoms with Crippen molar-refractivity contribution in [3.05, 3.63) is 24.0 Å². The molecule has 0 aromatic rings. The Labute approximate surface area is 160 Å². The number of hydrogen-bond acceptors (Lipinski definition) is 11. The molecule has 158 valence electrons. The molecule has 1 saturated heterocycles. The molecule has 0 saturated carbocycles. The summed E-state index contributed by atoms with van der Waals surface area (Å²) in [5, 5.41) is 60.2. The van der Waals surface area contributed by atoms with Crippen molar-refractivity contribution in [2.45, 2.75) is 55.6 Å². The molecule has 0 unspecified atom stereocenters. The van der Waals surface area contributed by atoms with E-state index in [0.29, 0.717) is 5.57 Å². The van der Waals surface area contributed by atoms with Crippen LogP contribution in [0.15, 0.2) is 24.0 Å². The van der Waals surface area contributed by atoms with Crippen LogP contribution >= 0.6 is 0 Å². The number of aliphatic hydroxyl groups is 6. The fraction of sp³-hybridized carbons (Fsp3) is 0.706. The Balaban J connectivity index is 1.80. The molecule has 0 radical (unpaired) electrons. The van der Waals surface area contributed by atoms with Gasteiger partial charge in [-0.2, -0.15) is 0 Å². The lowest BCUT2D eigenvalue weighted by atomic mass is 9.83. The summed E-state index contributed by atoms with van der Waals surface area (Å²) < 4.78 is 21.2. The zero-order valence-electron chi connectivity index (χ0n) is 15.0. The summed E-state index contributed by atoms with van der Waals surface area (Å²) in [4.78, 5) is 11.1. The third-order valence-corrected chi connectivity index (χ3v) is 5.12. The molecule has 9 atom stereocenters. The number of rotatable bonds is 5. The summed E-state index contributed by atoms with van der Waals surface area (Å²) in [6, 6.07) is 0. The summed E-state index contributed by atoms with van der Waals surface area (Å²) in [5.41, 5.74) is -1.49. The molecule has 6 N–H and O–H groups in total. The van der Waals surface area contributed by atoms with Crippen LogP contribution in [-0.4, -0.2) is 98.5 Å². The van der Waals surface area contributed by atoms with E-state index in [2.05, 4.69) is 0 Å². The fourth-order valence-corrected chi connectivity index (χ4v) is 3.57. The van der Waals surface area contributed by atoms with Gasteiger partial charge in [-0.3, -0.25) is 4.79 Å². The van der Waals surface area contributed by atoms with E-state index < -0.39 is 67.2 Å². The van der Waals surface area contributed by atoms with Crippen molar-refractivity contribution in [1.82, 2.24) is 0 Å². The Morgan fingerprint density at radius 2 is 1.89 bits per heavy atom. The Bertz CT molecular complexity index is 647. The molecular weight excluding hydrogens is 380 g/mol. The number of hydrogen-bond donors (Lipinski definition) is 6. The maximum Gasteiger partial charge on any atom is 0.302 e. The summed E-state index contributed by atoms with van der Waals surface area (Å²) in [6.07, 6.45) is -6.56. The minimum absolute atomic E-state index is 0.231. The van der Waals surface area contributed by atoms with E-state index in [1.165, 1.54) is 19.1 Å². The van der Waals surface area contributed by atoms with Crippen LogP contribution in [0.5, 0.6) is 0 Å². The molecular formula is C17H24O11. The van der Waals surface area contributed by atoms with Gasteiger partial charge in [0.15, 0.2) is 6.29 Å². The SMILES string of the molecule is CC(=O)OCC1=C[C@@H](O)[C@]2(O)C=CO[C@@H](O[C@H]3O[C@@H](CO)[C@H](O)[C@@H](O)[C@@H]3O)[C@@H]12. The van der Waals surface area contributed by atoms with Crippen LogP contribution in [0.2, 0.25) is 0 Å². The first-order chi connectivity index (χ1) is 13.2. The topological polar surface area (TPSA) is 175 Å². The van der Waals surface area contributed by atoms with Gasteiger partial charge in [0.05, 0.1) is 18.8 Å². The molecule has 2 heterocycles. The summed E-state index contributed by atoms with van der Waals surface area (Å²) in [5.74, 6) is -1.58. The Morgan fingerprint density at radius 1 is 1.18 bits per heavy atom. The summed E-state index contributed by atoms with van der Waals surface area (Å²) >= 11 is 0. The molecule has 11 nitrogen and oxygen atoms in total. The van der Waals surface area contributed by atoms with Crippen molar-refractivity contribution in [2.75, 3.05) is 13.2 Å². The van der Waals surface area contributed by atoms with Crippen LogP contribution in [0.1, 0.15) is 6.92 Å². The van der Waals surface area contributed by atoms with Crippen LogP contribution in [0, 0.1) is 5.92 Å². The quantitative estimate of drug-likeness (QED) is 0.202. The van der Waals surface area contributed by atoms with Crippen molar-refractivity contribution in [2.24, 2.45) is 5.92 Å². The second-order valence-electron chi connectivity index (χ2n) is 6.97. The number of aliphatic hydroxyl groups excluding tert-OH is 5. The normalized spacial score (nSPS) is 45.2. The van der Waals surface area contributed by atoms with E-state index in [1.54, 1.807) is 0 Å². The maximum absolute atomic E-state index is 11.1. The Morgan fingerprint density at radius 3 is 2.54 bits per heavy atom. The molecule has 1 aliphatic carbocycles. The van der Waals surface area contributed by atoms with Crippen LogP contribution < -0.4 is 0 Å². The fourth-order valence-electron chi connectivity index (χ4n) is 3.57. The van der Waals surface area contributed by atoms with Gasteiger partial charge in [0.25, 0.3) is 0 Å². The zero-order valence-corrected chi connectivity index (χ0v) is 15.0. The van der Waals surface area contributed by atoms with Crippen LogP contribution in [-0.2, 0) is 23.7 Å². The van der Waals surface area contributed by atoms with Gasteiger partial charge in [0.2, 0.25) is 6.29 Å². The third kappa shape index (κ3) is 3.67. The number of carbonyl (C=O) groups is 1. The third-order valence-electron chi connectivity index (χ3n) is 5.12. The highest BCUT2D eigenvalue weighted by Crippen LogP contribution is 2.44. The predicted octanol–water partition coefficient (Wildman–Crippen LogP) is -3.12. The number of esters is 1. The molecule has 0 amide bonds. The molecule has 11 heteroatoms. The number of carbonyl (C=O) groups excluding carboxylic acids is 1. The lowest BCUT2D eigenvalue weighted by Gasteiger charge is -2.44. The highest BCUT2D eigenvalue weighted by molar-refractivity contribution is 5.66. The van der Waals surface area contributed by atoms with Gasteiger partial charge in [0, 0.05) is 6.92 Å². The average Bonchev–Trinajstić information content (AvgIpc) is 2.91. The zero-order chi connectivity index (χ0) is 20.6. The number of fused-ring (bicyclic) bond motifs is 1. The molecule has 0 bridgehead atoms. The van der Waals surface area contributed by atoms with Gasteiger partial charge in [-0.15, -0.1) is 0 Å². The van der Waals surface area contributed by atoms with Crippen LogP contribution in [0.25, 0.3) is 0 Å². The smallest absolute Gasteiger partial charge is 0.302 e. The Hall–Kier alpha value is -1.57. The number of ether oxygens (including phenoxy) is 4. The molecule has 28 heavy (non-hydrogen) atoms. The highest BCUT2D eigenvalue weighted by atomic mass is 16.8. The average molecular weight is 404 g/mol. The van der Waals surface area contributed by atoms with E-state index >= 15 is 0 Å². The molecule has 2 aliphatic heterocycles. The lowest BCUT2D eigenvalue weighted by Crippen LogP contribution is -2.61. The van der Waals surface area contributed by atoms with Crippen molar-refractivity contribution in [3.8, 4) is 0 Å². The molecule has 3 rings (SSSR count). The molecule has 3 aliphatic rings. The standard InChI is InChI=1S/C17H24O11/c1-7(19)26-6-8-4-10(20)17(24)2-3-25-15(11(8)17)28-16-14(23)13(22)12(21)9(5-18)27-16/h2-4,9-16,18,20-24H,5-6H2,1H3/t9-,10+,11+,12-,13+,14-,15-,16+,17+/m0/s1. The van der Waals surface area contributed by atoms with E-state index in [4.69, 9.17) is 18.9 Å². The van der Waals surface area contributed by atoms with Gasteiger partial charge in [-0.25, -0.2) is 0 Å². The lowest BCUT2D eigenvalue weighted by molar-refractivity contribution is -0.344. The van der Waals surface area contributed by atoms with Crippen molar-refractivity contribution >= 4 is 5.97 Å². The van der Waals surface area contributed by atoms with E-state index in [1.807, 2.05) is 0 Å². The van der Waals surface area contributed by atoms with E-state index in [9.17, 15) is 35.4 Å². The Kier molecular flexibility index (Phi) is 6.08. The van der Waals surface area contributed by atoms with E-state index in [-0.39, 0.29) is 6.61 Å². The summed E-state index contributed by atoms with van der Waals surface area (Å²) in [6.45, 7) is 0.336. The highest BCUT2D eigenvalue weighted by Gasteiger charge is 2.56. The van der Waals surface area contributed by atoms with Gasteiger partial charge in [-0.05, 0) is 17.7 Å². The van der Waals surface area contributed by atoms with Gasteiger partial charge in [-0.1, -0.05) is 0 Å². The monoisotopic (exact) mass is 404 g/mol. The first kappa shape index (κ1) is 21.1. The van der Waals surface area contributed by atoms with E-state index in [0.717, 1.165) is 6.26 Å². The molecule has 0 spiro atoms. The summed E-state index contributed by atoms with van der Waals surface area (Å²) in [7, 11) is 0. The van der Waals surface area contributed by atoms with Crippen molar-refractivity contribution in [1.29, 1.82) is 0 Å². The first-order valence-electron chi connectivity index (χ1n) is 8.72. The van der Waals surface area contributed by atoms with Gasteiger partial charge < -0.3 is 49.6 Å². The first-order valence-corrected chi connectivity index (χ1v) is 8.72. The second-order valence-corrected chi connectivity index (χ2v) is 6.97. The second kappa shape index (κ2) is 8.05. The minimum Gasteiger partial charge on any atom is -0.472 e. The molecule has 0 aromatic carbocycles. The van der Waals surface area contributed by atoms with Crippen LogP contribution in [0.3, 0.4) is 0 Å². The predicted molar refractivity (Wildman–Crippen MR) is 88.0 cm³/mol. The maximum atomic E-state index is 11.1. The van der Waals surface area contributed by atoms with Crippen LogP contribution in [0.4, 0.5) is 0 Å². The molecule has 1 fully saturated rings. The van der Waals surface area contributed by atoms with Crippen molar-refractivity contribution in [3.63, 3.8) is 0 Å². The van der Waals surface area contributed by atoms with Gasteiger partial charge in [0.1, 0.15) is 42.7 Å².